The Kier molecular flexibility index (Phi) is 1.35. The van der Waals surface area contributed by atoms with Crippen LogP contribution in [0.25, 0.3) is 0 Å². The molecule has 11 heavy (non-hydrogen) atoms. The summed E-state index contributed by atoms with van der Waals surface area (Å²) in [4.78, 5) is 15.3. The minimum atomic E-state index is -0.940. The summed E-state index contributed by atoms with van der Waals surface area (Å²) in [5.74, 6) is -0.0713. The molecule has 0 aliphatic carbocycles. The fourth-order valence-electron chi connectivity index (χ4n) is 1.08. The third kappa shape index (κ3) is 0.903. The van der Waals surface area contributed by atoms with Crippen molar-refractivity contribution in [2.75, 3.05) is 5.75 Å². The van der Waals surface area contributed by atoms with Gasteiger partial charge in [0.25, 0.3) is 0 Å². The molecular weight excluding hydrogens is 162 g/mol. The highest BCUT2D eigenvalue weighted by Crippen LogP contribution is 2.35. The molecule has 0 saturated carbocycles. The van der Waals surface area contributed by atoms with Gasteiger partial charge in [-0.3, -0.25) is 0 Å². The molecule has 4 heteroatoms. The highest BCUT2D eigenvalue weighted by molar-refractivity contribution is 8.03. The van der Waals surface area contributed by atoms with Gasteiger partial charge in [0.2, 0.25) is 0 Å². The van der Waals surface area contributed by atoms with Crippen LogP contribution in [0.1, 0.15) is 0 Å². The van der Waals surface area contributed by atoms with Gasteiger partial charge in [-0.05, 0) is 0 Å². The quantitative estimate of drug-likeness (QED) is 0.634. The molecule has 2 heterocycles. The van der Waals surface area contributed by atoms with Crippen LogP contribution in [0.15, 0.2) is 27.7 Å². The van der Waals surface area contributed by atoms with Crippen molar-refractivity contribution in [2.24, 2.45) is 4.99 Å². The lowest BCUT2D eigenvalue weighted by molar-refractivity contribution is -0.129. The standard InChI is InChI=1S/C7H5NO2S/c9-7(10)6-4-1-2-11-5(4)3-8-6/h1,3H,2H2,(H,9,10). The predicted octanol–water partition coefficient (Wildman–Crippen LogP) is 1.04. The Bertz CT molecular complexity index is 314. The van der Waals surface area contributed by atoms with Gasteiger partial charge >= 0.3 is 5.97 Å². The minimum absolute atomic E-state index is 0.185. The Morgan fingerprint density at radius 3 is 3.27 bits per heavy atom. The number of thioether (sulfide) groups is 1. The summed E-state index contributed by atoms with van der Waals surface area (Å²) in [5.41, 5.74) is 0.979. The largest absolute Gasteiger partial charge is 0.476 e. The van der Waals surface area contributed by atoms with Gasteiger partial charge in [-0.15, -0.1) is 11.8 Å². The lowest BCUT2D eigenvalue weighted by Crippen LogP contribution is -2.12. The van der Waals surface area contributed by atoms with E-state index in [1.807, 2.05) is 6.08 Å². The molecule has 0 unspecified atom stereocenters. The van der Waals surface area contributed by atoms with Gasteiger partial charge in [0.15, 0.2) is 5.71 Å². The Morgan fingerprint density at radius 2 is 2.55 bits per heavy atom. The maximum Gasteiger partial charge on any atom is 0.355 e. The van der Waals surface area contributed by atoms with Crippen molar-refractivity contribution in [1.29, 1.82) is 0 Å². The van der Waals surface area contributed by atoms with Crippen molar-refractivity contribution in [3.05, 3.63) is 22.8 Å². The highest BCUT2D eigenvalue weighted by Gasteiger charge is 2.26. The van der Waals surface area contributed by atoms with Crippen LogP contribution in [0.3, 0.4) is 0 Å². The number of rotatable bonds is 1. The second kappa shape index (κ2) is 2.23. The summed E-state index contributed by atoms with van der Waals surface area (Å²) in [6.45, 7) is 0. The average molecular weight is 167 g/mol. The van der Waals surface area contributed by atoms with Crippen LogP contribution in [0.5, 0.6) is 0 Å². The fraction of sp³-hybridized carbons (Fsp3) is 0.143. The van der Waals surface area contributed by atoms with Crippen LogP contribution in [0.2, 0.25) is 0 Å². The van der Waals surface area contributed by atoms with Gasteiger partial charge in [0, 0.05) is 22.4 Å². The number of carboxylic acid groups (broad SMARTS) is 1. The summed E-state index contributed by atoms with van der Waals surface area (Å²) in [5, 5.41) is 8.65. The number of aliphatic carboxylic acids is 1. The second-order valence-corrected chi connectivity index (χ2v) is 3.27. The summed E-state index contributed by atoms with van der Waals surface area (Å²) in [6, 6.07) is 0. The fourth-order valence-corrected chi connectivity index (χ4v) is 1.97. The first-order valence-electron chi connectivity index (χ1n) is 3.14. The van der Waals surface area contributed by atoms with Crippen LogP contribution in [-0.4, -0.2) is 22.5 Å². The summed E-state index contributed by atoms with van der Waals surface area (Å²) in [6.07, 6.45) is 3.52. The van der Waals surface area contributed by atoms with E-state index >= 15 is 0 Å². The molecule has 0 fully saturated rings. The normalized spacial score (nSPS) is 20.5. The number of fused-ring (bicyclic) bond motifs is 1. The molecule has 1 N–H and O–H groups in total. The topological polar surface area (TPSA) is 49.7 Å². The van der Waals surface area contributed by atoms with Crippen LogP contribution in [0.4, 0.5) is 0 Å². The second-order valence-electron chi connectivity index (χ2n) is 2.21. The Hall–Kier alpha value is -1.03. The first-order chi connectivity index (χ1) is 5.29. The van der Waals surface area contributed by atoms with Crippen molar-refractivity contribution in [3.8, 4) is 0 Å². The molecule has 0 saturated heterocycles. The van der Waals surface area contributed by atoms with E-state index in [1.165, 1.54) is 0 Å². The van der Waals surface area contributed by atoms with Crippen LogP contribution >= 0.6 is 11.8 Å². The van der Waals surface area contributed by atoms with Crippen LogP contribution in [-0.2, 0) is 4.79 Å². The van der Waals surface area contributed by atoms with Gasteiger partial charge in [-0.2, -0.15) is 0 Å². The van der Waals surface area contributed by atoms with Gasteiger partial charge in [-0.25, -0.2) is 9.79 Å². The number of carboxylic acids is 1. The molecule has 2 aliphatic heterocycles. The summed E-state index contributed by atoms with van der Waals surface area (Å²) in [7, 11) is 0. The van der Waals surface area contributed by atoms with E-state index in [-0.39, 0.29) is 5.71 Å². The first kappa shape index (κ1) is 6.67. The molecule has 0 radical (unpaired) electrons. The smallest absolute Gasteiger partial charge is 0.355 e. The number of aliphatic imine (C=N–C) groups is 1. The molecule has 56 valence electrons. The molecule has 0 amide bonds. The van der Waals surface area contributed by atoms with E-state index in [9.17, 15) is 4.79 Å². The number of carbonyl (C=O) groups is 1. The van der Waals surface area contributed by atoms with Gasteiger partial charge in [-0.1, -0.05) is 6.08 Å². The van der Waals surface area contributed by atoms with E-state index < -0.39 is 5.97 Å². The van der Waals surface area contributed by atoms with Gasteiger partial charge in [0.1, 0.15) is 0 Å². The van der Waals surface area contributed by atoms with E-state index in [0.717, 1.165) is 16.2 Å². The number of allylic oxidation sites excluding steroid dienone is 1. The lowest BCUT2D eigenvalue weighted by atomic mass is 10.2. The lowest BCUT2D eigenvalue weighted by Gasteiger charge is -1.93. The van der Waals surface area contributed by atoms with Crippen molar-refractivity contribution < 1.29 is 9.90 Å². The molecule has 3 nitrogen and oxygen atoms in total. The molecule has 0 aromatic carbocycles. The number of nitrogens with zero attached hydrogens (tertiary/aromatic N) is 1. The molecule has 0 bridgehead atoms. The van der Waals surface area contributed by atoms with Crippen molar-refractivity contribution in [1.82, 2.24) is 0 Å². The Morgan fingerprint density at radius 1 is 1.73 bits per heavy atom. The zero-order valence-electron chi connectivity index (χ0n) is 5.57. The van der Waals surface area contributed by atoms with E-state index in [1.54, 1.807) is 18.0 Å². The van der Waals surface area contributed by atoms with Gasteiger partial charge < -0.3 is 5.11 Å². The SMILES string of the molecule is O=C(O)C1=NC=C2SCC=C21. The van der Waals surface area contributed by atoms with Crippen molar-refractivity contribution in [2.45, 2.75) is 0 Å². The highest BCUT2D eigenvalue weighted by atomic mass is 32.2. The molecule has 0 aromatic rings. The third-order valence-electron chi connectivity index (χ3n) is 1.56. The zero-order valence-corrected chi connectivity index (χ0v) is 6.39. The van der Waals surface area contributed by atoms with E-state index in [4.69, 9.17) is 5.11 Å². The monoisotopic (exact) mass is 167 g/mol. The minimum Gasteiger partial charge on any atom is -0.476 e. The number of hydrogen-bond acceptors (Lipinski definition) is 3. The molecule has 0 atom stereocenters. The maximum absolute atomic E-state index is 10.5. The summed E-state index contributed by atoms with van der Waals surface area (Å²) >= 11 is 1.62. The van der Waals surface area contributed by atoms with Crippen LogP contribution in [0, 0.1) is 0 Å². The molecule has 0 spiro atoms. The molecule has 2 rings (SSSR count). The van der Waals surface area contributed by atoms with Gasteiger partial charge in [0.05, 0.1) is 0 Å². The number of hydrogen-bond donors (Lipinski definition) is 1. The Balaban J connectivity index is 2.38. The maximum atomic E-state index is 10.5. The zero-order chi connectivity index (χ0) is 7.84. The Labute approximate surface area is 67.5 Å². The average Bonchev–Trinajstić information content (AvgIpc) is 2.41. The molecular formula is C7H5NO2S. The van der Waals surface area contributed by atoms with E-state index in [2.05, 4.69) is 4.99 Å². The van der Waals surface area contributed by atoms with Crippen molar-refractivity contribution >= 4 is 23.4 Å². The molecule has 2 aliphatic rings. The van der Waals surface area contributed by atoms with Crippen molar-refractivity contribution in [3.63, 3.8) is 0 Å². The third-order valence-corrected chi connectivity index (χ3v) is 2.53. The predicted molar refractivity (Wildman–Crippen MR) is 43.7 cm³/mol. The first-order valence-corrected chi connectivity index (χ1v) is 4.12. The van der Waals surface area contributed by atoms with E-state index in [0.29, 0.717) is 0 Å². The molecule has 0 aromatic heterocycles. The van der Waals surface area contributed by atoms with Crippen LogP contribution < -0.4 is 0 Å². The summed E-state index contributed by atoms with van der Waals surface area (Å²) < 4.78 is 0.